The second kappa shape index (κ2) is 14.3. The lowest BCUT2D eigenvalue weighted by Crippen LogP contribution is -2.41. The van der Waals surface area contributed by atoms with Gasteiger partial charge in [0.25, 0.3) is 5.91 Å². The SMILES string of the molecule is CCCNC(=O)/C(C#N)=C\C(CC1CCNC1=O)NC(=O)[C@@H](CC(=O)c1cc2c(OC)cccc2[nH]1)CC(C)C. The van der Waals surface area contributed by atoms with Crippen molar-refractivity contribution in [1.82, 2.24) is 20.9 Å². The number of rotatable bonds is 14. The second-order valence-electron chi connectivity index (χ2n) is 10.6. The normalized spacial score (nSPS) is 16.8. The van der Waals surface area contributed by atoms with Crippen LogP contribution in [0.5, 0.6) is 5.75 Å². The predicted molar refractivity (Wildman–Crippen MR) is 151 cm³/mol. The van der Waals surface area contributed by atoms with Crippen LogP contribution in [0, 0.1) is 29.1 Å². The third kappa shape index (κ3) is 7.94. The van der Waals surface area contributed by atoms with Crippen LogP contribution in [0.25, 0.3) is 10.9 Å². The minimum Gasteiger partial charge on any atom is -0.496 e. The zero-order valence-electron chi connectivity index (χ0n) is 23.6. The molecule has 0 bridgehead atoms. The molecular formula is C30H39N5O5. The lowest BCUT2D eigenvalue weighted by Gasteiger charge is -2.23. The van der Waals surface area contributed by atoms with E-state index >= 15 is 0 Å². The molecule has 0 spiro atoms. The topological polar surface area (TPSA) is 153 Å². The monoisotopic (exact) mass is 549 g/mol. The highest BCUT2D eigenvalue weighted by Gasteiger charge is 2.31. The van der Waals surface area contributed by atoms with Crippen LogP contribution in [0.15, 0.2) is 35.9 Å². The number of hydrogen-bond acceptors (Lipinski definition) is 6. The summed E-state index contributed by atoms with van der Waals surface area (Å²) in [6.07, 6.45) is 3.41. The van der Waals surface area contributed by atoms with E-state index in [1.54, 1.807) is 13.2 Å². The van der Waals surface area contributed by atoms with Crippen molar-refractivity contribution in [3.63, 3.8) is 0 Å². The highest BCUT2D eigenvalue weighted by Crippen LogP contribution is 2.28. The van der Waals surface area contributed by atoms with E-state index in [1.165, 1.54) is 6.08 Å². The fourth-order valence-corrected chi connectivity index (χ4v) is 4.99. The molecule has 0 radical (unpaired) electrons. The summed E-state index contributed by atoms with van der Waals surface area (Å²) in [6.45, 7) is 6.81. The summed E-state index contributed by atoms with van der Waals surface area (Å²) in [5.74, 6) is -1.44. The van der Waals surface area contributed by atoms with Crippen LogP contribution in [0.1, 0.15) is 63.4 Å². The Kier molecular flexibility index (Phi) is 10.9. The largest absolute Gasteiger partial charge is 0.496 e. The summed E-state index contributed by atoms with van der Waals surface area (Å²) in [4.78, 5) is 54.8. The van der Waals surface area contributed by atoms with Gasteiger partial charge in [0.2, 0.25) is 11.8 Å². The Morgan fingerprint density at radius 2 is 2.05 bits per heavy atom. The van der Waals surface area contributed by atoms with Crippen molar-refractivity contribution in [3.05, 3.63) is 41.6 Å². The quantitative estimate of drug-likeness (QED) is 0.161. The van der Waals surface area contributed by atoms with Crippen molar-refractivity contribution in [2.75, 3.05) is 20.2 Å². The van der Waals surface area contributed by atoms with E-state index in [4.69, 9.17) is 4.74 Å². The highest BCUT2D eigenvalue weighted by atomic mass is 16.5. The van der Waals surface area contributed by atoms with Crippen LogP contribution < -0.4 is 20.7 Å². The van der Waals surface area contributed by atoms with E-state index in [0.29, 0.717) is 43.8 Å². The van der Waals surface area contributed by atoms with E-state index in [1.807, 2.05) is 45.0 Å². The molecule has 1 aliphatic rings. The van der Waals surface area contributed by atoms with E-state index in [0.717, 1.165) is 10.9 Å². The standard InChI is InChI=1S/C30H39N5O5/c1-5-10-32-29(38)21(17-31)14-22(13-19-9-11-33-28(19)37)34-30(39)20(12-18(2)3)15-26(36)25-16-23-24(35-25)7-6-8-27(23)40-4/h6-8,14,16,18-20,22,35H,5,9-13,15H2,1-4H3,(H,32,38)(H,33,37)(H,34,39)/b21-14-/t19?,20-,22?/m1/s1. The first-order valence-corrected chi connectivity index (χ1v) is 13.8. The van der Waals surface area contributed by atoms with Crippen molar-refractivity contribution in [2.45, 2.75) is 58.9 Å². The molecule has 10 heteroatoms. The molecule has 3 rings (SSSR count). The van der Waals surface area contributed by atoms with Gasteiger partial charge in [-0.25, -0.2) is 0 Å². The number of ketones is 1. The van der Waals surface area contributed by atoms with Gasteiger partial charge in [-0.1, -0.05) is 26.8 Å². The Hall–Kier alpha value is -4.13. The number of methoxy groups -OCH3 is 1. The Morgan fingerprint density at radius 1 is 1.27 bits per heavy atom. The maximum absolute atomic E-state index is 13.6. The Labute approximate surface area is 234 Å². The molecule has 214 valence electrons. The minimum atomic E-state index is -0.731. The summed E-state index contributed by atoms with van der Waals surface area (Å²) in [5.41, 5.74) is 1.03. The summed E-state index contributed by atoms with van der Waals surface area (Å²) < 4.78 is 5.40. The van der Waals surface area contributed by atoms with Gasteiger partial charge in [0.1, 0.15) is 17.4 Å². The summed E-state index contributed by atoms with van der Waals surface area (Å²) >= 11 is 0. The van der Waals surface area contributed by atoms with E-state index < -0.39 is 17.9 Å². The Balaban J connectivity index is 1.83. The van der Waals surface area contributed by atoms with Crippen LogP contribution in [0.3, 0.4) is 0 Å². The van der Waals surface area contributed by atoms with Crippen LogP contribution >= 0.6 is 0 Å². The Bertz CT molecular complexity index is 1310. The van der Waals surface area contributed by atoms with E-state index in [-0.39, 0.29) is 47.8 Å². The molecule has 3 atom stereocenters. The number of hydrogen-bond donors (Lipinski definition) is 4. The number of fused-ring (bicyclic) bond motifs is 1. The minimum absolute atomic E-state index is 0.0262. The molecule has 2 heterocycles. The third-order valence-electron chi connectivity index (χ3n) is 7.00. The van der Waals surface area contributed by atoms with Gasteiger partial charge in [-0.15, -0.1) is 0 Å². The number of nitriles is 1. The van der Waals surface area contributed by atoms with Crippen LogP contribution in [-0.2, 0) is 14.4 Å². The van der Waals surface area contributed by atoms with Gasteiger partial charge in [-0.2, -0.15) is 5.26 Å². The molecule has 1 aromatic carbocycles. The maximum Gasteiger partial charge on any atom is 0.261 e. The first-order chi connectivity index (χ1) is 19.2. The number of Topliss-reactive ketones (excluding diaryl/α,β-unsaturated/α-hetero) is 1. The van der Waals surface area contributed by atoms with Gasteiger partial charge >= 0.3 is 0 Å². The number of nitrogens with one attached hydrogen (secondary N) is 4. The summed E-state index contributed by atoms with van der Waals surface area (Å²) in [6, 6.07) is 8.42. The highest BCUT2D eigenvalue weighted by molar-refractivity contribution is 6.02. The van der Waals surface area contributed by atoms with Crippen molar-refractivity contribution < 1.29 is 23.9 Å². The number of benzene rings is 1. The molecule has 0 saturated carbocycles. The molecule has 1 aliphatic heterocycles. The second-order valence-corrected chi connectivity index (χ2v) is 10.6. The van der Waals surface area contributed by atoms with Gasteiger partial charge in [-0.3, -0.25) is 19.2 Å². The van der Waals surface area contributed by atoms with Crippen molar-refractivity contribution in [1.29, 1.82) is 5.26 Å². The molecule has 40 heavy (non-hydrogen) atoms. The van der Waals surface area contributed by atoms with Crippen LogP contribution in [0.4, 0.5) is 0 Å². The molecule has 0 aliphatic carbocycles. The van der Waals surface area contributed by atoms with Gasteiger partial charge in [0, 0.05) is 48.3 Å². The fourth-order valence-electron chi connectivity index (χ4n) is 4.99. The number of aromatic nitrogens is 1. The zero-order chi connectivity index (χ0) is 29.2. The van der Waals surface area contributed by atoms with E-state index in [2.05, 4.69) is 20.9 Å². The van der Waals surface area contributed by atoms with E-state index in [9.17, 15) is 24.4 Å². The molecule has 2 aromatic rings. The van der Waals surface area contributed by atoms with Crippen molar-refractivity contribution >= 4 is 34.4 Å². The van der Waals surface area contributed by atoms with Gasteiger partial charge < -0.3 is 25.7 Å². The average molecular weight is 550 g/mol. The van der Waals surface area contributed by atoms with Crippen molar-refractivity contribution in [2.24, 2.45) is 17.8 Å². The van der Waals surface area contributed by atoms with Crippen molar-refractivity contribution in [3.8, 4) is 11.8 Å². The van der Waals surface area contributed by atoms with Gasteiger partial charge in [0.15, 0.2) is 5.78 Å². The zero-order valence-corrected chi connectivity index (χ0v) is 23.6. The molecule has 10 nitrogen and oxygen atoms in total. The van der Waals surface area contributed by atoms with Gasteiger partial charge in [0.05, 0.1) is 12.8 Å². The smallest absolute Gasteiger partial charge is 0.261 e. The maximum atomic E-state index is 13.6. The fraction of sp³-hybridized carbons (Fsp3) is 0.500. The lowest BCUT2D eigenvalue weighted by molar-refractivity contribution is -0.127. The first kappa shape index (κ1) is 30.4. The Morgan fingerprint density at radius 3 is 2.67 bits per heavy atom. The molecular weight excluding hydrogens is 510 g/mol. The lowest BCUT2D eigenvalue weighted by atomic mass is 9.90. The molecule has 4 N–H and O–H groups in total. The summed E-state index contributed by atoms with van der Waals surface area (Å²) in [5, 5.41) is 18.8. The molecule has 1 saturated heterocycles. The first-order valence-electron chi connectivity index (χ1n) is 13.8. The summed E-state index contributed by atoms with van der Waals surface area (Å²) in [7, 11) is 1.57. The molecule has 1 fully saturated rings. The number of aromatic amines is 1. The van der Waals surface area contributed by atoms with Crippen LogP contribution in [-0.4, -0.2) is 54.7 Å². The number of nitrogens with zero attached hydrogens (tertiary/aromatic N) is 1. The number of H-pyrrole nitrogens is 1. The number of carbonyl (C=O) groups is 4. The molecule has 2 unspecified atom stereocenters. The average Bonchev–Trinajstić information content (AvgIpc) is 3.55. The van der Waals surface area contributed by atoms with Crippen LogP contribution in [0.2, 0.25) is 0 Å². The number of ether oxygens (including phenoxy) is 1. The molecule has 1 aromatic heterocycles. The predicted octanol–water partition coefficient (Wildman–Crippen LogP) is 3.40. The van der Waals surface area contributed by atoms with Gasteiger partial charge in [-0.05, 0) is 55.9 Å². The number of carbonyl (C=O) groups excluding carboxylic acids is 4. The molecule has 3 amide bonds. The number of amides is 3. The third-order valence-corrected chi connectivity index (χ3v) is 7.00.